The number of hydrogen-bond donors (Lipinski definition) is 0. The molecule has 0 fully saturated rings. The summed E-state index contributed by atoms with van der Waals surface area (Å²) in [7, 11) is 0. The molecule has 2 atom stereocenters. The molecule has 0 nitrogen and oxygen atoms in total. The van der Waals surface area contributed by atoms with Crippen molar-refractivity contribution in [3.63, 3.8) is 0 Å². The highest BCUT2D eigenvalue weighted by Crippen LogP contribution is 2.39. The molecule has 1 aliphatic rings. The van der Waals surface area contributed by atoms with Gasteiger partial charge in [0.15, 0.2) is 0 Å². The van der Waals surface area contributed by atoms with Crippen LogP contribution in [0.4, 0.5) is 4.39 Å². The maximum absolute atomic E-state index is 13.3. The average molecular weight is 289 g/mol. The van der Waals surface area contributed by atoms with Crippen LogP contribution < -0.4 is 0 Å². The Morgan fingerprint density at radius 1 is 1.10 bits per heavy atom. The van der Waals surface area contributed by atoms with Gasteiger partial charge in [-0.3, -0.25) is 0 Å². The summed E-state index contributed by atoms with van der Waals surface area (Å²) >= 11 is 6.71. The number of alkyl halides is 1. The summed E-state index contributed by atoms with van der Waals surface area (Å²) in [6.07, 6.45) is 4.19. The van der Waals surface area contributed by atoms with E-state index in [1.807, 2.05) is 6.07 Å². The average Bonchev–Trinajstić information content (AvgIpc) is 2.60. The highest BCUT2D eigenvalue weighted by molar-refractivity contribution is 6.21. The third kappa shape index (κ3) is 2.88. The lowest BCUT2D eigenvalue weighted by molar-refractivity contribution is 0.464. The van der Waals surface area contributed by atoms with E-state index >= 15 is 0 Å². The van der Waals surface area contributed by atoms with Crippen LogP contribution in [0.25, 0.3) is 0 Å². The number of rotatable bonds is 2. The van der Waals surface area contributed by atoms with E-state index in [4.69, 9.17) is 11.6 Å². The van der Waals surface area contributed by atoms with E-state index in [9.17, 15) is 4.39 Å². The Bertz CT molecular complexity index is 593. The van der Waals surface area contributed by atoms with Gasteiger partial charge in [0.1, 0.15) is 5.82 Å². The first-order valence-corrected chi connectivity index (χ1v) is 7.64. The number of halogens is 2. The molecule has 0 bridgehead atoms. The molecule has 0 radical (unpaired) electrons. The third-order valence-corrected chi connectivity index (χ3v) is 4.77. The SMILES string of the molecule is Fc1cccc(CC2CCCc3ccccc3C2Cl)c1. The van der Waals surface area contributed by atoms with Crippen LogP contribution in [0.3, 0.4) is 0 Å². The lowest BCUT2D eigenvalue weighted by Crippen LogP contribution is -2.10. The second kappa shape index (κ2) is 5.97. The second-order valence-corrected chi connectivity index (χ2v) is 6.06. The van der Waals surface area contributed by atoms with Gasteiger partial charge in [0.2, 0.25) is 0 Å². The van der Waals surface area contributed by atoms with Crippen LogP contribution in [0.2, 0.25) is 0 Å². The topological polar surface area (TPSA) is 0 Å². The molecule has 2 aromatic rings. The first-order valence-electron chi connectivity index (χ1n) is 7.20. The van der Waals surface area contributed by atoms with Gasteiger partial charge in [-0.15, -0.1) is 11.6 Å². The minimum atomic E-state index is -0.164. The third-order valence-electron chi connectivity index (χ3n) is 4.17. The van der Waals surface area contributed by atoms with Gasteiger partial charge in [0, 0.05) is 0 Å². The van der Waals surface area contributed by atoms with Gasteiger partial charge < -0.3 is 0 Å². The number of fused-ring (bicyclic) bond motifs is 1. The van der Waals surface area contributed by atoms with Crippen molar-refractivity contribution >= 4 is 11.6 Å². The first-order chi connectivity index (χ1) is 9.74. The molecular formula is C18H18ClF. The fraction of sp³-hybridized carbons (Fsp3) is 0.333. The van der Waals surface area contributed by atoms with Crippen molar-refractivity contribution in [2.24, 2.45) is 5.92 Å². The lowest BCUT2D eigenvalue weighted by atomic mass is 9.90. The minimum absolute atomic E-state index is 0.0250. The van der Waals surface area contributed by atoms with Crippen molar-refractivity contribution in [3.05, 3.63) is 71.0 Å². The Hall–Kier alpha value is -1.34. The Kier molecular flexibility index (Phi) is 4.07. The maximum atomic E-state index is 13.3. The Labute approximate surface area is 124 Å². The van der Waals surface area contributed by atoms with Crippen LogP contribution in [0.15, 0.2) is 48.5 Å². The van der Waals surface area contributed by atoms with Crippen LogP contribution in [0.1, 0.15) is 34.9 Å². The van der Waals surface area contributed by atoms with Crippen molar-refractivity contribution in [2.45, 2.75) is 31.1 Å². The molecule has 0 N–H and O–H groups in total. The largest absolute Gasteiger partial charge is 0.207 e. The molecule has 20 heavy (non-hydrogen) atoms. The van der Waals surface area contributed by atoms with E-state index in [2.05, 4.69) is 24.3 Å². The highest BCUT2D eigenvalue weighted by atomic mass is 35.5. The zero-order chi connectivity index (χ0) is 13.9. The minimum Gasteiger partial charge on any atom is -0.207 e. The van der Waals surface area contributed by atoms with Gasteiger partial charge in [-0.2, -0.15) is 0 Å². The molecule has 0 saturated heterocycles. The quantitative estimate of drug-likeness (QED) is 0.519. The summed E-state index contributed by atoms with van der Waals surface area (Å²) in [5, 5.41) is 0.0250. The molecule has 0 aromatic heterocycles. The maximum Gasteiger partial charge on any atom is 0.123 e. The van der Waals surface area contributed by atoms with Gasteiger partial charge in [0.05, 0.1) is 5.38 Å². The van der Waals surface area contributed by atoms with Crippen molar-refractivity contribution in [3.8, 4) is 0 Å². The number of hydrogen-bond acceptors (Lipinski definition) is 0. The first kappa shape index (κ1) is 13.6. The van der Waals surface area contributed by atoms with Gasteiger partial charge >= 0.3 is 0 Å². The fourth-order valence-corrected chi connectivity index (χ4v) is 3.59. The van der Waals surface area contributed by atoms with Crippen LogP contribution >= 0.6 is 11.6 Å². The number of aryl methyl sites for hydroxylation is 1. The molecule has 3 rings (SSSR count). The smallest absolute Gasteiger partial charge is 0.123 e. The normalized spacial score (nSPS) is 22.1. The molecular weight excluding hydrogens is 271 g/mol. The predicted octanol–water partition coefficient (Wildman–Crippen LogP) is 5.30. The summed E-state index contributed by atoms with van der Waals surface area (Å²) in [4.78, 5) is 0. The summed E-state index contributed by atoms with van der Waals surface area (Å²) < 4.78 is 13.3. The number of benzene rings is 2. The van der Waals surface area contributed by atoms with E-state index in [0.717, 1.165) is 31.2 Å². The Morgan fingerprint density at radius 2 is 1.95 bits per heavy atom. The molecule has 1 aliphatic carbocycles. The molecule has 2 heteroatoms. The van der Waals surface area contributed by atoms with E-state index < -0.39 is 0 Å². The highest BCUT2D eigenvalue weighted by Gasteiger charge is 2.26. The van der Waals surface area contributed by atoms with Crippen molar-refractivity contribution < 1.29 is 4.39 Å². The molecule has 2 aromatic carbocycles. The zero-order valence-corrected chi connectivity index (χ0v) is 12.1. The van der Waals surface area contributed by atoms with E-state index in [0.29, 0.717) is 5.92 Å². The lowest BCUT2D eigenvalue weighted by Gasteiger charge is -2.21. The van der Waals surface area contributed by atoms with Crippen molar-refractivity contribution in [1.29, 1.82) is 0 Å². The van der Waals surface area contributed by atoms with Crippen LogP contribution in [-0.2, 0) is 12.8 Å². The molecule has 2 unspecified atom stereocenters. The molecule has 0 amide bonds. The van der Waals surface area contributed by atoms with Crippen molar-refractivity contribution in [1.82, 2.24) is 0 Å². The second-order valence-electron chi connectivity index (χ2n) is 5.59. The van der Waals surface area contributed by atoms with Crippen LogP contribution in [-0.4, -0.2) is 0 Å². The van der Waals surface area contributed by atoms with Gasteiger partial charge in [-0.05, 0) is 60.4 Å². The summed E-state index contributed by atoms with van der Waals surface area (Å²) in [6.45, 7) is 0. The van der Waals surface area contributed by atoms with Gasteiger partial charge in [-0.25, -0.2) is 4.39 Å². The summed E-state index contributed by atoms with van der Waals surface area (Å²) in [6, 6.07) is 15.3. The fourth-order valence-electron chi connectivity index (χ4n) is 3.16. The van der Waals surface area contributed by atoms with Gasteiger partial charge in [-0.1, -0.05) is 36.4 Å². The van der Waals surface area contributed by atoms with E-state index in [1.165, 1.54) is 17.2 Å². The molecule has 0 spiro atoms. The van der Waals surface area contributed by atoms with Crippen LogP contribution in [0, 0.1) is 11.7 Å². The molecule has 0 aliphatic heterocycles. The predicted molar refractivity (Wildman–Crippen MR) is 81.6 cm³/mol. The molecule has 0 saturated carbocycles. The monoisotopic (exact) mass is 288 g/mol. The summed E-state index contributed by atoms with van der Waals surface area (Å²) in [5.74, 6) is 0.213. The molecule has 0 heterocycles. The Balaban J connectivity index is 1.84. The summed E-state index contributed by atoms with van der Waals surface area (Å²) in [5.41, 5.74) is 3.67. The Morgan fingerprint density at radius 3 is 2.80 bits per heavy atom. The standard InChI is InChI=1S/C18H18ClF/c19-18-15(11-13-5-3-9-16(20)12-13)8-4-7-14-6-1-2-10-17(14)18/h1-3,5-6,9-10,12,15,18H,4,7-8,11H2. The van der Waals surface area contributed by atoms with Crippen molar-refractivity contribution in [2.75, 3.05) is 0 Å². The zero-order valence-electron chi connectivity index (χ0n) is 11.4. The van der Waals surface area contributed by atoms with Crippen LogP contribution in [0.5, 0.6) is 0 Å². The molecule has 104 valence electrons. The van der Waals surface area contributed by atoms with E-state index in [-0.39, 0.29) is 11.2 Å². The van der Waals surface area contributed by atoms with Gasteiger partial charge in [0.25, 0.3) is 0 Å². The van der Waals surface area contributed by atoms with E-state index in [1.54, 1.807) is 12.1 Å².